The number of nitrogens with one attached hydrogen (secondary N) is 3. The number of carbonyl (C=O) groups excluding carboxylic acids is 5. The number of benzene rings is 5. The number of hydrogen-bond acceptors (Lipinski definition) is 17. The van der Waals surface area contributed by atoms with Gasteiger partial charge in [0.05, 0.1) is 40.0 Å². The molecule has 0 spiro atoms. The molecule has 0 radical (unpaired) electrons. The van der Waals surface area contributed by atoms with Gasteiger partial charge in [0.15, 0.2) is 0 Å². The van der Waals surface area contributed by atoms with Gasteiger partial charge in [0.1, 0.15) is 65.8 Å². The third-order valence-corrected chi connectivity index (χ3v) is 13.4. The van der Waals surface area contributed by atoms with Crippen molar-refractivity contribution in [3.63, 3.8) is 0 Å². The number of nitrogens with zero attached hydrogens (tertiary/aromatic N) is 5. The molecule has 95 heavy (non-hydrogen) atoms. The summed E-state index contributed by atoms with van der Waals surface area (Å²) in [4.78, 5) is 73.3. The molecule has 516 valence electrons. The van der Waals surface area contributed by atoms with Crippen molar-refractivity contribution in [2.45, 2.75) is 90.0 Å². The molecule has 4 amide bonds. The summed E-state index contributed by atoms with van der Waals surface area (Å²) in [7, 11) is 2.76. The number of non-ortho nitro benzene ring substituents is 1. The summed E-state index contributed by atoms with van der Waals surface area (Å²) < 4.78 is 140. The van der Waals surface area contributed by atoms with E-state index in [0.717, 1.165) is 11.0 Å². The number of halogens is 10. The Morgan fingerprint density at radius 2 is 1.13 bits per heavy atom. The molecule has 0 fully saturated rings. The van der Waals surface area contributed by atoms with Crippen LogP contribution in [0.4, 0.5) is 71.8 Å². The molecular formula is C61H66Cl2F8N8O14S2. The first-order valence-electron chi connectivity index (χ1n) is 27.8. The molecule has 0 unspecified atom stereocenters. The highest BCUT2D eigenvalue weighted by atomic mass is 35.5. The molecule has 7 aromatic rings. The van der Waals surface area contributed by atoms with Crippen molar-refractivity contribution >= 4 is 98.0 Å². The van der Waals surface area contributed by atoms with E-state index in [2.05, 4.69) is 26.3 Å². The van der Waals surface area contributed by atoms with Crippen LogP contribution in [0.5, 0.6) is 5.75 Å². The highest BCUT2D eigenvalue weighted by molar-refractivity contribution is 7.59. The normalized spacial score (nSPS) is 11.4. The zero-order valence-corrected chi connectivity index (χ0v) is 54.7. The summed E-state index contributed by atoms with van der Waals surface area (Å²) in [5, 5.41) is 24.9. The topological polar surface area (TPSA) is 269 Å². The molecule has 0 aliphatic heterocycles. The quantitative estimate of drug-likeness (QED) is 0.0120. The fraction of sp³-hybridized carbons (Fsp3) is 0.328. The van der Waals surface area contributed by atoms with Crippen molar-refractivity contribution in [1.82, 2.24) is 25.4 Å². The minimum absolute atomic E-state index is 0. The van der Waals surface area contributed by atoms with Crippen LogP contribution in [0, 0.1) is 33.4 Å². The second-order valence-electron chi connectivity index (χ2n) is 20.7. The molecule has 3 N–H and O–H groups in total. The van der Waals surface area contributed by atoms with Gasteiger partial charge in [-0.05, 0) is 94.1 Å². The van der Waals surface area contributed by atoms with Crippen LogP contribution in [0.25, 0.3) is 22.5 Å². The Balaban J connectivity index is 0.000000380. The fourth-order valence-corrected chi connectivity index (χ4v) is 8.15. The van der Waals surface area contributed by atoms with Gasteiger partial charge in [-0.15, -0.1) is 0 Å². The molecule has 22 nitrogen and oxygen atoms in total. The van der Waals surface area contributed by atoms with Gasteiger partial charge in [0, 0.05) is 68.0 Å². The van der Waals surface area contributed by atoms with Crippen LogP contribution in [-0.2, 0) is 36.8 Å². The van der Waals surface area contributed by atoms with Gasteiger partial charge in [-0.1, -0.05) is 82.0 Å². The average molecular weight is 1420 g/mol. The standard InChI is InChI=1S/C24H23ClF4N4O5.C22H28F3N3O5.C15H11ClFNO4.2H2S/c1-33(24(35)37-12-15-5-3-7-18(27)22(15)25)17(10-30-11-20(28)29)13-36-23(34)31-21-9-19(32-38-21)14-4-2-6-16(26)8-14;1-22(2,3)32-21(30)28(4)16(9-6-10-18(24)25)13-31-20(29)26-19-12-17(27-33-19)14-7-5-8-15(23)11-14;16-15-10(2-1-3-13(15)17)4-9-14(19)22-12-7-5-11(6-8-12)18(20)21;;/h2-9,17,20,30H,10-13H2,1H3,(H,31,34);5,7-8,11-12,16,18H,6,9-10,13H2,1-4H3,(H,26,29);1-3,5-8H,4,9H2;2*1H2/t17-;16-;;;/m00.../s1. The number of likely N-dealkylation sites (N-methyl/N-ethyl adjacent to an activating group) is 2. The molecule has 2 atom stereocenters. The minimum Gasteiger partial charge on any atom is -0.447 e. The van der Waals surface area contributed by atoms with E-state index in [1.165, 1.54) is 116 Å². The first-order valence-corrected chi connectivity index (χ1v) is 28.6. The van der Waals surface area contributed by atoms with Crippen molar-refractivity contribution in [1.29, 1.82) is 0 Å². The highest BCUT2D eigenvalue weighted by Crippen LogP contribution is 2.27. The van der Waals surface area contributed by atoms with Gasteiger partial charge in [0.2, 0.25) is 18.2 Å². The Labute approximate surface area is 562 Å². The Morgan fingerprint density at radius 1 is 0.632 bits per heavy atom. The van der Waals surface area contributed by atoms with Gasteiger partial charge in [-0.25, -0.2) is 54.3 Å². The lowest BCUT2D eigenvalue weighted by molar-refractivity contribution is -0.384. The summed E-state index contributed by atoms with van der Waals surface area (Å²) >= 11 is 11.7. The molecule has 2 aromatic heterocycles. The van der Waals surface area contributed by atoms with Crippen molar-refractivity contribution in [3.8, 4) is 28.3 Å². The number of rotatable bonds is 25. The van der Waals surface area contributed by atoms with Gasteiger partial charge < -0.3 is 47.8 Å². The maximum Gasteiger partial charge on any atom is 0.414 e. The van der Waals surface area contributed by atoms with Gasteiger partial charge >= 0.3 is 30.3 Å². The number of amides is 4. The second kappa shape index (κ2) is 39.8. The van der Waals surface area contributed by atoms with Gasteiger partial charge in [0.25, 0.3) is 12.1 Å². The van der Waals surface area contributed by atoms with E-state index in [9.17, 15) is 69.2 Å². The van der Waals surface area contributed by atoms with Crippen molar-refractivity contribution in [2.24, 2.45) is 0 Å². The molecule has 0 saturated heterocycles. The van der Waals surface area contributed by atoms with E-state index in [-0.39, 0.29) is 123 Å². The van der Waals surface area contributed by atoms with E-state index in [4.69, 9.17) is 55.9 Å². The summed E-state index contributed by atoms with van der Waals surface area (Å²) in [6, 6.07) is 25.9. The Hall–Kier alpha value is -8.85. The van der Waals surface area contributed by atoms with Crippen LogP contribution in [0.1, 0.15) is 57.6 Å². The number of hydrogen-bond donors (Lipinski definition) is 3. The zero-order chi connectivity index (χ0) is 68.4. The van der Waals surface area contributed by atoms with Crippen LogP contribution >= 0.6 is 50.2 Å². The maximum atomic E-state index is 13.6. The summed E-state index contributed by atoms with van der Waals surface area (Å²) in [5.74, 6) is -2.60. The van der Waals surface area contributed by atoms with Crippen LogP contribution in [0.15, 0.2) is 130 Å². The average Bonchev–Trinajstić information content (AvgIpc) is 1.91. The lowest BCUT2D eigenvalue weighted by atomic mass is 10.1. The number of nitro benzene ring substituents is 1. The molecule has 34 heteroatoms. The highest BCUT2D eigenvalue weighted by Gasteiger charge is 2.28. The Bertz CT molecular complexity index is 3620. The number of nitro groups is 1. The number of aromatic nitrogens is 2. The van der Waals surface area contributed by atoms with E-state index in [1.807, 2.05) is 0 Å². The molecular weight excluding hydrogens is 1360 g/mol. The van der Waals surface area contributed by atoms with Crippen LogP contribution in [-0.4, -0.2) is 126 Å². The van der Waals surface area contributed by atoms with Crippen molar-refractivity contribution < 1.29 is 96.7 Å². The largest absolute Gasteiger partial charge is 0.447 e. The lowest BCUT2D eigenvalue weighted by Gasteiger charge is -2.30. The van der Waals surface area contributed by atoms with Gasteiger partial charge in [-0.3, -0.25) is 25.5 Å². The second-order valence-corrected chi connectivity index (χ2v) is 21.5. The predicted molar refractivity (Wildman–Crippen MR) is 343 cm³/mol. The molecule has 5 aromatic carbocycles. The molecule has 0 saturated carbocycles. The first-order chi connectivity index (χ1) is 44.0. The summed E-state index contributed by atoms with van der Waals surface area (Å²) in [5.41, 5.74) is 1.34. The number of esters is 1. The molecule has 0 aliphatic carbocycles. The number of alkyl halides is 4. The van der Waals surface area contributed by atoms with E-state index in [0.29, 0.717) is 22.4 Å². The van der Waals surface area contributed by atoms with Crippen molar-refractivity contribution in [2.75, 3.05) is 51.0 Å². The van der Waals surface area contributed by atoms with Crippen LogP contribution < -0.4 is 20.7 Å². The molecule has 0 bridgehead atoms. The lowest BCUT2D eigenvalue weighted by Crippen LogP contribution is -2.47. The molecule has 0 aliphatic rings. The third-order valence-electron chi connectivity index (χ3n) is 12.5. The molecule has 7 rings (SSSR count). The van der Waals surface area contributed by atoms with E-state index in [1.54, 1.807) is 39.0 Å². The number of ether oxygens (including phenoxy) is 5. The van der Waals surface area contributed by atoms with Crippen molar-refractivity contribution in [3.05, 3.63) is 176 Å². The van der Waals surface area contributed by atoms with Gasteiger partial charge in [-0.2, -0.15) is 27.0 Å². The van der Waals surface area contributed by atoms with Crippen LogP contribution in [0.3, 0.4) is 0 Å². The van der Waals surface area contributed by atoms with Crippen LogP contribution in [0.2, 0.25) is 10.0 Å². The number of aryl methyl sites for hydroxylation is 1. The maximum absolute atomic E-state index is 13.6. The third kappa shape index (κ3) is 28.3. The summed E-state index contributed by atoms with van der Waals surface area (Å²) in [6.07, 6.45) is -8.34. The summed E-state index contributed by atoms with van der Waals surface area (Å²) in [6.45, 7) is 3.24. The molecule has 2 heterocycles. The Morgan fingerprint density at radius 3 is 1.62 bits per heavy atom. The minimum atomic E-state index is -2.65. The Kier molecular flexibility index (Phi) is 33.6. The smallest absolute Gasteiger partial charge is 0.414 e. The fourth-order valence-electron chi connectivity index (χ4n) is 7.75. The predicted octanol–water partition coefficient (Wildman–Crippen LogP) is 15.2. The van der Waals surface area contributed by atoms with E-state index < -0.39 is 102 Å². The van der Waals surface area contributed by atoms with E-state index >= 15 is 0 Å². The zero-order valence-electron chi connectivity index (χ0n) is 51.2. The monoisotopic (exact) mass is 1420 g/mol. The number of carbonyl (C=O) groups is 5. The number of anilines is 2. The first kappa shape index (κ1) is 80.4. The SMILES string of the molecule is CN(C(=O)OC(C)(C)C)[C@@H](CCCC(F)F)COC(=O)Nc1cc(-c2cccc(F)c2)no1.CN(C(=O)OCc1cccc(F)c1Cl)[C@@H](CNCC(F)F)COC(=O)Nc1cc(-c2cccc(F)c2)no1.O=C(CCc1cccc(F)c1Cl)Oc1ccc([N+](=O)[O-])cc1.S.S.